The first kappa shape index (κ1) is 10.6. The summed E-state index contributed by atoms with van der Waals surface area (Å²) in [5.74, 6) is 1.79. The van der Waals surface area contributed by atoms with Gasteiger partial charge in [0.25, 0.3) is 0 Å². The summed E-state index contributed by atoms with van der Waals surface area (Å²) >= 11 is 0. The molecule has 1 aliphatic rings. The number of nitriles is 1. The van der Waals surface area contributed by atoms with Crippen LogP contribution in [0.1, 0.15) is 18.0 Å². The largest absolute Gasteiger partial charge is 0.493 e. The van der Waals surface area contributed by atoms with Crippen molar-refractivity contribution in [3.05, 3.63) is 17.7 Å². The third-order valence-corrected chi connectivity index (χ3v) is 2.42. The standard InChI is InChI=1S/C11H12N2O3/c1-14-9-4-7(8(13)2-3-12)5-10-11(9)16-6-15-10/h4-5,8H,2,6,13H2,1H3/t8-/m0/s1. The van der Waals surface area contributed by atoms with E-state index < -0.39 is 0 Å². The van der Waals surface area contributed by atoms with E-state index >= 15 is 0 Å². The molecular weight excluding hydrogens is 208 g/mol. The van der Waals surface area contributed by atoms with Crippen molar-refractivity contribution in [2.45, 2.75) is 12.5 Å². The second-order valence-electron chi connectivity index (χ2n) is 3.43. The normalized spacial score (nSPS) is 14.3. The van der Waals surface area contributed by atoms with Crippen LogP contribution in [0.2, 0.25) is 0 Å². The van der Waals surface area contributed by atoms with Gasteiger partial charge in [-0.3, -0.25) is 0 Å². The number of hydrogen-bond donors (Lipinski definition) is 1. The molecule has 1 aromatic carbocycles. The Labute approximate surface area is 93.3 Å². The fraction of sp³-hybridized carbons (Fsp3) is 0.364. The van der Waals surface area contributed by atoms with E-state index in [4.69, 9.17) is 25.2 Å². The molecule has 1 aromatic rings. The average Bonchev–Trinajstić information content (AvgIpc) is 2.75. The smallest absolute Gasteiger partial charge is 0.231 e. The molecule has 84 valence electrons. The lowest BCUT2D eigenvalue weighted by Crippen LogP contribution is -2.09. The second-order valence-corrected chi connectivity index (χ2v) is 3.43. The Morgan fingerprint density at radius 3 is 3.06 bits per heavy atom. The molecule has 0 bridgehead atoms. The molecule has 0 unspecified atom stereocenters. The van der Waals surface area contributed by atoms with Gasteiger partial charge < -0.3 is 19.9 Å². The van der Waals surface area contributed by atoms with Gasteiger partial charge in [-0.2, -0.15) is 5.26 Å². The Balaban J connectivity index is 2.38. The number of ether oxygens (including phenoxy) is 3. The Bertz CT molecular complexity index is 440. The number of nitrogens with two attached hydrogens (primary N) is 1. The third kappa shape index (κ3) is 1.75. The maximum atomic E-state index is 8.60. The molecule has 0 saturated heterocycles. The summed E-state index contributed by atoms with van der Waals surface area (Å²) in [4.78, 5) is 0. The fourth-order valence-electron chi connectivity index (χ4n) is 1.58. The van der Waals surface area contributed by atoms with Crippen LogP contribution in [0.25, 0.3) is 0 Å². The van der Waals surface area contributed by atoms with Gasteiger partial charge in [0.1, 0.15) is 0 Å². The van der Waals surface area contributed by atoms with E-state index in [1.165, 1.54) is 0 Å². The van der Waals surface area contributed by atoms with Gasteiger partial charge in [0.05, 0.1) is 19.6 Å². The highest BCUT2D eigenvalue weighted by molar-refractivity contribution is 5.55. The zero-order chi connectivity index (χ0) is 11.5. The minimum absolute atomic E-state index is 0.183. The van der Waals surface area contributed by atoms with Gasteiger partial charge in [-0.25, -0.2) is 0 Å². The molecule has 16 heavy (non-hydrogen) atoms. The lowest BCUT2D eigenvalue weighted by atomic mass is 10.0. The minimum Gasteiger partial charge on any atom is -0.493 e. The van der Waals surface area contributed by atoms with Crippen molar-refractivity contribution in [2.75, 3.05) is 13.9 Å². The maximum Gasteiger partial charge on any atom is 0.231 e. The number of fused-ring (bicyclic) bond motifs is 1. The van der Waals surface area contributed by atoms with Gasteiger partial charge in [0, 0.05) is 6.04 Å². The molecule has 0 radical (unpaired) electrons. The van der Waals surface area contributed by atoms with E-state index in [1.54, 1.807) is 19.2 Å². The van der Waals surface area contributed by atoms with Crippen molar-refractivity contribution in [2.24, 2.45) is 5.73 Å². The summed E-state index contributed by atoms with van der Waals surface area (Å²) in [6.07, 6.45) is 0.253. The van der Waals surface area contributed by atoms with Crippen molar-refractivity contribution in [3.8, 4) is 23.3 Å². The molecule has 1 heterocycles. The molecule has 5 nitrogen and oxygen atoms in total. The summed E-state index contributed by atoms with van der Waals surface area (Å²) in [6, 6.07) is 5.25. The van der Waals surface area contributed by atoms with Crippen LogP contribution in [0.4, 0.5) is 0 Å². The van der Waals surface area contributed by atoms with Crippen molar-refractivity contribution in [1.29, 1.82) is 5.26 Å². The van der Waals surface area contributed by atoms with Crippen molar-refractivity contribution in [1.82, 2.24) is 0 Å². The van der Waals surface area contributed by atoms with Crippen molar-refractivity contribution >= 4 is 0 Å². The first-order valence-electron chi connectivity index (χ1n) is 4.86. The van der Waals surface area contributed by atoms with Gasteiger partial charge in [-0.05, 0) is 17.7 Å². The van der Waals surface area contributed by atoms with E-state index in [9.17, 15) is 0 Å². The zero-order valence-electron chi connectivity index (χ0n) is 8.90. The molecule has 0 fully saturated rings. The summed E-state index contributed by atoms with van der Waals surface area (Å²) < 4.78 is 15.7. The lowest BCUT2D eigenvalue weighted by Gasteiger charge is -2.11. The van der Waals surface area contributed by atoms with Gasteiger partial charge >= 0.3 is 0 Å². The topological polar surface area (TPSA) is 77.5 Å². The highest BCUT2D eigenvalue weighted by Crippen LogP contribution is 2.42. The van der Waals surface area contributed by atoms with Crippen LogP contribution in [0.15, 0.2) is 12.1 Å². The number of methoxy groups -OCH3 is 1. The van der Waals surface area contributed by atoms with Crippen LogP contribution in [0, 0.1) is 11.3 Å². The average molecular weight is 220 g/mol. The molecule has 2 rings (SSSR count). The van der Waals surface area contributed by atoms with Gasteiger partial charge in [0.2, 0.25) is 12.5 Å². The SMILES string of the molecule is COc1cc([C@@H](N)CC#N)cc2c1OCO2. The van der Waals surface area contributed by atoms with Gasteiger partial charge in [-0.1, -0.05) is 0 Å². The Morgan fingerprint density at radius 2 is 2.38 bits per heavy atom. The van der Waals surface area contributed by atoms with Crippen molar-refractivity contribution in [3.63, 3.8) is 0 Å². The van der Waals surface area contributed by atoms with E-state index in [2.05, 4.69) is 0 Å². The lowest BCUT2D eigenvalue weighted by molar-refractivity contribution is 0.171. The van der Waals surface area contributed by atoms with Crippen molar-refractivity contribution < 1.29 is 14.2 Å². The highest BCUT2D eigenvalue weighted by Gasteiger charge is 2.21. The van der Waals surface area contributed by atoms with E-state index in [1.807, 2.05) is 6.07 Å². The molecule has 0 aliphatic carbocycles. The predicted molar refractivity (Wildman–Crippen MR) is 56.3 cm³/mol. The number of rotatable bonds is 3. The Morgan fingerprint density at radius 1 is 1.56 bits per heavy atom. The quantitative estimate of drug-likeness (QED) is 0.831. The first-order chi connectivity index (χ1) is 7.76. The van der Waals surface area contributed by atoms with Crippen LogP contribution in [-0.2, 0) is 0 Å². The molecule has 5 heteroatoms. The number of hydrogen-bond acceptors (Lipinski definition) is 5. The molecule has 1 atom stereocenters. The first-order valence-corrected chi connectivity index (χ1v) is 4.86. The summed E-state index contributed by atoms with van der Waals surface area (Å²) in [7, 11) is 1.55. The van der Waals surface area contributed by atoms with Crippen LogP contribution >= 0.6 is 0 Å². The van der Waals surface area contributed by atoms with Crippen LogP contribution in [0.3, 0.4) is 0 Å². The number of benzene rings is 1. The predicted octanol–water partition coefficient (Wildman–Crippen LogP) is 1.34. The molecule has 0 spiro atoms. The number of nitrogens with zero attached hydrogens (tertiary/aromatic N) is 1. The minimum atomic E-state index is -0.339. The summed E-state index contributed by atoms with van der Waals surface area (Å²) in [6.45, 7) is 0.183. The zero-order valence-corrected chi connectivity index (χ0v) is 8.90. The fourth-order valence-corrected chi connectivity index (χ4v) is 1.58. The van der Waals surface area contributed by atoms with Gasteiger partial charge in [0.15, 0.2) is 11.5 Å². The summed E-state index contributed by atoms with van der Waals surface area (Å²) in [5.41, 5.74) is 6.66. The monoisotopic (exact) mass is 220 g/mol. The van der Waals surface area contributed by atoms with Crippen LogP contribution in [-0.4, -0.2) is 13.9 Å². The third-order valence-electron chi connectivity index (χ3n) is 2.42. The molecular formula is C11H12N2O3. The second kappa shape index (κ2) is 4.29. The van der Waals surface area contributed by atoms with Gasteiger partial charge in [-0.15, -0.1) is 0 Å². The highest BCUT2D eigenvalue weighted by atomic mass is 16.7. The van der Waals surface area contributed by atoms with Crippen LogP contribution < -0.4 is 19.9 Å². The molecule has 0 saturated carbocycles. The van der Waals surface area contributed by atoms with Crippen LogP contribution in [0.5, 0.6) is 17.2 Å². The molecule has 1 aliphatic heterocycles. The van der Waals surface area contributed by atoms with E-state index in [0.717, 1.165) is 5.56 Å². The molecule has 2 N–H and O–H groups in total. The molecule has 0 amide bonds. The Hall–Kier alpha value is -1.93. The molecule has 0 aromatic heterocycles. The van der Waals surface area contributed by atoms with E-state index in [0.29, 0.717) is 17.2 Å². The maximum absolute atomic E-state index is 8.60. The van der Waals surface area contributed by atoms with E-state index in [-0.39, 0.29) is 19.3 Å². The Kier molecular flexibility index (Phi) is 2.84. The summed E-state index contributed by atoms with van der Waals surface area (Å²) in [5, 5.41) is 8.60.